The lowest BCUT2D eigenvalue weighted by Crippen LogP contribution is -2.53. The van der Waals surface area contributed by atoms with Gasteiger partial charge in [-0.1, -0.05) is 68.8 Å². The lowest BCUT2D eigenvalue weighted by atomic mass is 9.90. The van der Waals surface area contributed by atoms with Crippen molar-refractivity contribution in [2.24, 2.45) is 11.8 Å². The highest BCUT2D eigenvalue weighted by molar-refractivity contribution is 5.86. The molecule has 2 N–H and O–H groups in total. The normalized spacial score (nSPS) is 20.2. The van der Waals surface area contributed by atoms with Crippen molar-refractivity contribution < 1.29 is 24.2 Å². The predicted octanol–water partition coefficient (Wildman–Crippen LogP) is 4.26. The van der Waals surface area contributed by atoms with E-state index in [0.29, 0.717) is 25.8 Å². The molecule has 1 aliphatic carbocycles. The van der Waals surface area contributed by atoms with E-state index >= 15 is 0 Å². The molecule has 2 aliphatic rings. The number of amides is 2. The second kappa shape index (κ2) is 10.3. The highest BCUT2D eigenvalue weighted by Crippen LogP contribution is 2.44. The molecule has 1 fully saturated rings. The monoisotopic (exact) mass is 464 g/mol. The largest absolute Gasteiger partial charge is 0.481 e. The van der Waals surface area contributed by atoms with Crippen LogP contribution in [0.3, 0.4) is 0 Å². The van der Waals surface area contributed by atoms with E-state index in [1.54, 1.807) is 4.90 Å². The van der Waals surface area contributed by atoms with Gasteiger partial charge in [0.05, 0.1) is 5.92 Å². The Balaban J connectivity index is 1.41. The van der Waals surface area contributed by atoms with Gasteiger partial charge in [-0.05, 0) is 41.0 Å². The van der Waals surface area contributed by atoms with Gasteiger partial charge >= 0.3 is 12.1 Å². The molecule has 0 spiro atoms. The molecule has 7 heteroatoms. The third-order valence-corrected chi connectivity index (χ3v) is 6.83. The first-order valence-corrected chi connectivity index (χ1v) is 12.0. The average molecular weight is 465 g/mol. The molecule has 3 atom stereocenters. The molecule has 1 aliphatic heterocycles. The van der Waals surface area contributed by atoms with Crippen LogP contribution < -0.4 is 5.32 Å². The van der Waals surface area contributed by atoms with Crippen molar-refractivity contribution in [3.8, 4) is 11.1 Å². The molecule has 4 rings (SSSR count). The zero-order valence-electron chi connectivity index (χ0n) is 19.7. The van der Waals surface area contributed by atoms with E-state index in [0.717, 1.165) is 22.3 Å². The van der Waals surface area contributed by atoms with Crippen molar-refractivity contribution in [2.75, 3.05) is 19.7 Å². The molecule has 34 heavy (non-hydrogen) atoms. The van der Waals surface area contributed by atoms with Crippen molar-refractivity contribution >= 4 is 18.0 Å². The summed E-state index contributed by atoms with van der Waals surface area (Å²) in [7, 11) is 0. The topological polar surface area (TPSA) is 95.9 Å². The summed E-state index contributed by atoms with van der Waals surface area (Å²) in [4.78, 5) is 39.0. The minimum absolute atomic E-state index is 0.0576. The summed E-state index contributed by atoms with van der Waals surface area (Å²) in [6.45, 7) is 4.73. The molecule has 3 unspecified atom stereocenters. The maximum absolute atomic E-state index is 13.2. The van der Waals surface area contributed by atoms with E-state index in [1.807, 2.05) is 38.1 Å². The van der Waals surface area contributed by atoms with Crippen molar-refractivity contribution in [1.82, 2.24) is 10.2 Å². The summed E-state index contributed by atoms with van der Waals surface area (Å²) in [5.74, 6) is -1.67. The number of hydrogen-bond acceptors (Lipinski definition) is 4. The molecular formula is C27H32N2O5. The number of nitrogens with one attached hydrogen (secondary N) is 1. The number of aliphatic carboxylic acids is 1. The molecule has 2 aromatic rings. The van der Waals surface area contributed by atoms with Crippen LogP contribution in [0, 0.1) is 11.8 Å². The number of rotatable bonds is 7. The smallest absolute Gasteiger partial charge is 0.407 e. The van der Waals surface area contributed by atoms with Crippen molar-refractivity contribution in [1.29, 1.82) is 0 Å². The molecule has 1 saturated heterocycles. The minimum Gasteiger partial charge on any atom is -0.481 e. The Labute approximate surface area is 200 Å². The molecule has 0 radical (unpaired) electrons. The first-order valence-electron chi connectivity index (χ1n) is 12.0. The Hall–Kier alpha value is -3.35. The van der Waals surface area contributed by atoms with Gasteiger partial charge in [0.25, 0.3) is 0 Å². The summed E-state index contributed by atoms with van der Waals surface area (Å²) in [6.07, 6.45) is 1.09. The SMILES string of the molecule is CCCC(NC(=O)OCC1c2ccccc2-c2ccccc21)C(=O)N1CC(C)CC(C(=O)O)C1. The van der Waals surface area contributed by atoms with Crippen LogP contribution >= 0.6 is 0 Å². The Morgan fingerprint density at radius 2 is 1.68 bits per heavy atom. The molecule has 0 saturated carbocycles. The van der Waals surface area contributed by atoms with Gasteiger partial charge < -0.3 is 20.1 Å². The number of fused-ring (bicyclic) bond motifs is 3. The Morgan fingerprint density at radius 1 is 1.06 bits per heavy atom. The lowest BCUT2D eigenvalue weighted by Gasteiger charge is -2.36. The van der Waals surface area contributed by atoms with Gasteiger partial charge in [0.1, 0.15) is 12.6 Å². The minimum atomic E-state index is -0.888. The summed E-state index contributed by atoms with van der Waals surface area (Å²) < 4.78 is 5.62. The van der Waals surface area contributed by atoms with Crippen LogP contribution in [0.1, 0.15) is 50.2 Å². The standard InChI is InChI=1S/C27H32N2O5/c1-3-8-24(25(30)29-14-17(2)13-18(15-29)26(31)32)28-27(33)34-16-23-21-11-6-4-9-19(21)20-10-5-7-12-22(20)23/h4-7,9-12,17-18,23-24H,3,8,13-16H2,1-2H3,(H,28,33)(H,31,32). The van der Waals surface area contributed by atoms with E-state index in [-0.39, 0.29) is 30.9 Å². The van der Waals surface area contributed by atoms with E-state index in [4.69, 9.17) is 4.74 Å². The van der Waals surface area contributed by atoms with Crippen LogP contribution in [0.25, 0.3) is 11.1 Å². The van der Waals surface area contributed by atoms with E-state index < -0.39 is 24.0 Å². The molecule has 2 amide bonds. The molecule has 0 aromatic heterocycles. The van der Waals surface area contributed by atoms with Crippen molar-refractivity contribution in [3.05, 3.63) is 59.7 Å². The number of carboxylic acids is 1. The maximum Gasteiger partial charge on any atom is 0.407 e. The number of carbonyl (C=O) groups excluding carboxylic acids is 2. The van der Waals surface area contributed by atoms with Crippen LogP contribution in [0.2, 0.25) is 0 Å². The number of alkyl carbamates (subject to hydrolysis) is 1. The zero-order chi connectivity index (χ0) is 24.2. The van der Waals surface area contributed by atoms with Gasteiger partial charge in [-0.25, -0.2) is 4.79 Å². The third kappa shape index (κ3) is 4.93. The van der Waals surface area contributed by atoms with Crippen LogP contribution in [-0.4, -0.2) is 53.7 Å². The number of nitrogens with zero attached hydrogens (tertiary/aromatic N) is 1. The summed E-state index contributed by atoms with van der Waals surface area (Å²) >= 11 is 0. The number of piperidine rings is 1. The molecule has 0 bridgehead atoms. The highest BCUT2D eigenvalue weighted by atomic mass is 16.5. The summed E-state index contributed by atoms with van der Waals surface area (Å²) in [5.41, 5.74) is 4.55. The Kier molecular flexibility index (Phi) is 7.20. The van der Waals surface area contributed by atoms with E-state index in [9.17, 15) is 19.5 Å². The van der Waals surface area contributed by atoms with Gasteiger partial charge in [0, 0.05) is 19.0 Å². The fourth-order valence-electron chi connectivity index (χ4n) is 5.26. The van der Waals surface area contributed by atoms with Crippen molar-refractivity contribution in [2.45, 2.75) is 45.1 Å². The maximum atomic E-state index is 13.2. The molecule has 180 valence electrons. The fraction of sp³-hybridized carbons (Fsp3) is 0.444. The number of likely N-dealkylation sites (tertiary alicyclic amines) is 1. The number of benzene rings is 2. The second-order valence-electron chi connectivity index (χ2n) is 9.43. The summed E-state index contributed by atoms with van der Waals surface area (Å²) in [5, 5.41) is 12.2. The zero-order valence-corrected chi connectivity index (χ0v) is 19.7. The first kappa shape index (κ1) is 23.8. The van der Waals surface area contributed by atoms with Crippen LogP contribution in [0.5, 0.6) is 0 Å². The van der Waals surface area contributed by atoms with Crippen LogP contribution in [0.15, 0.2) is 48.5 Å². The average Bonchev–Trinajstić information content (AvgIpc) is 3.15. The lowest BCUT2D eigenvalue weighted by molar-refractivity contribution is -0.147. The number of ether oxygens (including phenoxy) is 1. The van der Waals surface area contributed by atoms with Gasteiger partial charge in [-0.3, -0.25) is 9.59 Å². The second-order valence-corrected chi connectivity index (χ2v) is 9.43. The fourth-order valence-corrected chi connectivity index (χ4v) is 5.26. The predicted molar refractivity (Wildman–Crippen MR) is 128 cm³/mol. The van der Waals surface area contributed by atoms with Gasteiger partial charge in [-0.2, -0.15) is 0 Å². The number of carboxylic acid groups (broad SMARTS) is 1. The molecule has 7 nitrogen and oxygen atoms in total. The van der Waals surface area contributed by atoms with E-state index in [1.165, 1.54) is 0 Å². The Morgan fingerprint density at radius 3 is 2.26 bits per heavy atom. The van der Waals surface area contributed by atoms with Crippen LogP contribution in [0.4, 0.5) is 4.79 Å². The molecule has 1 heterocycles. The van der Waals surface area contributed by atoms with Gasteiger partial charge in [0.15, 0.2) is 0 Å². The van der Waals surface area contributed by atoms with Crippen molar-refractivity contribution in [3.63, 3.8) is 0 Å². The number of carbonyl (C=O) groups is 3. The summed E-state index contributed by atoms with van der Waals surface area (Å²) in [6, 6.07) is 15.5. The van der Waals surface area contributed by atoms with Gasteiger partial charge in [-0.15, -0.1) is 0 Å². The van der Waals surface area contributed by atoms with Gasteiger partial charge in [0.2, 0.25) is 5.91 Å². The highest BCUT2D eigenvalue weighted by Gasteiger charge is 2.35. The van der Waals surface area contributed by atoms with Crippen LogP contribution in [-0.2, 0) is 14.3 Å². The number of hydrogen-bond donors (Lipinski definition) is 2. The van der Waals surface area contributed by atoms with E-state index in [2.05, 4.69) is 29.6 Å². The first-order chi connectivity index (χ1) is 16.4. The molecule has 2 aromatic carbocycles. The molecular weight excluding hydrogens is 432 g/mol. The quantitative estimate of drug-likeness (QED) is 0.638. The third-order valence-electron chi connectivity index (χ3n) is 6.83. The Bertz CT molecular complexity index is 1020.